The van der Waals surface area contributed by atoms with Gasteiger partial charge < -0.3 is 4.18 Å². The van der Waals surface area contributed by atoms with E-state index in [4.69, 9.17) is 4.18 Å². The largest absolute Gasteiger partial charge is 0.377 e. The molecule has 0 spiro atoms. The minimum atomic E-state index is -4.32. The van der Waals surface area contributed by atoms with Crippen molar-refractivity contribution in [1.29, 1.82) is 0 Å². The fourth-order valence-corrected chi connectivity index (χ4v) is 5.85. The van der Waals surface area contributed by atoms with Crippen LogP contribution in [-0.2, 0) is 19.7 Å². The van der Waals surface area contributed by atoms with Crippen molar-refractivity contribution in [2.24, 2.45) is 0 Å². The third kappa shape index (κ3) is 5.51. The fraction of sp³-hybridized carbons (Fsp3) is 0.0417. The van der Waals surface area contributed by atoms with Crippen molar-refractivity contribution in [3.05, 3.63) is 96.4 Å². The Morgan fingerprint density at radius 3 is 2.37 bits per heavy atom. The topological polar surface area (TPSA) is 153 Å². The summed E-state index contributed by atoms with van der Waals surface area (Å²) in [5, 5.41) is 13.2. The van der Waals surface area contributed by atoms with Gasteiger partial charge in [-0.1, -0.05) is 39.7 Å². The first-order valence-corrected chi connectivity index (χ1v) is 13.5. The summed E-state index contributed by atoms with van der Waals surface area (Å²) >= 11 is 6.52. The molecule has 3 aromatic rings. The van der Waals surface area contributed by atoms with E-state index < -0.39 is 38.5 Å². The van der Waals surface area contributed by atoms with E-state index in [9.17, 15) is 32.9 Å². The summed E-state index contributed by atoms with van der Waals surface area (Å²) in [6.45, 7) is 1.79. The Bertz CT molecular complexity index is 1650. The number of amides is 4. The van der Waals surface area contributed by atoms with Crippen LogP contribution >= 0.6 is 31.9 Å². The van der Waals surface area contributed by atoms with Crippen LogP contribution < -0.4 is 14.4 Å². The van der Waals surface area contributed by atoms with Crippen molar-refractivity contribution in [3.63, 3.8) is 0 Å². The maximum atomic E-state index is 13.3. The molecule has 1 heterocycles. The Labute approximate surface area is 232 Å². The van der Waals surface area contributed by atoms with E-state index in [-0.39, 0.29) is 32.1 Å². The number of hydrogen-bond donors (Lipinski definition) is 1. The third-order valence-electron chi connectivity index (χ3n) is 5.24. The number of benzene rings is 3. The lowest BCUT2D eigenvalue weighted by Crippen LogP contribution is -2.54. The quantitative estimate of drug-likeness (QED) is 0.129. The number of halogens is 2. The summed E-state index contributed by atoms with van der Waals surface area (Å²) < 4.78 is 31.9. The maximum absolute atomic E-state index is 13.3. The van der Waals surface area contributed by atoms with Gasteiger partial charge in [0.05, 0.1) is 15.1 Å². The van der Waals surface area contributed by atoms with Gasteiger partial charge in [0.2, 0.25) is 0 Å². The average Bonchev–Trinajstić information content (AvgIpc) is 2.84. The van der Waals surface area contributed by atoms with Gasteiger partial charge in [-0.2, -0.15) is 8.42 Å². The number of rotatable bonds is 6. The van der Waals surface area contributed by atoms with Crippen molar-refractivity contribution in [1.82, 2.24) is 5.32 Å². The molecule has 194 valence electrons. The number of nitrogens with zero attached hydrogens (tertiary/aromatic N) is 2. The molecule has 1 N–H and O–H groups in total. The maximum Gasteiger partial charge on any atom is 0.339 e. The molecule has 1 aliphatic heterocycles. The van der Waals surface area contributed by atoms with Gasteiger partial charge in [0.1, 0.15) is 10.5 Å². The molecular weight excluding hydrogens is 650 g/mol. The van der Waals surface area contributed by atoms with E-state index in [0.717, 1.165) is 17.7 Å². The molecule has 0 bridgehead atoms. The predicted octanol–water partition coefficient (Wildman–Crippen LogP) is 4.86. The molecule has 1 fully saturated rings. The van der Waals surface area contributed by atoms with Crippen molar-refractivity contribution in [2.45, 2.75) is 11.8 Å². The number of hydrogen-bond acceptors (Lipinski definition) is 8. The second kappa shape index (κ2) is 10.5. The molecule has 1 saturated heterocycles. The van der Waals surface area contributed by atoms with Crippen LogP contribution in [0.5, 0.6) is 5.75 Å². The first-order chi connectivity index (χ1) is 17.9. The van der Waals surface area contributed by atoms with Crippen molar-refractivity contribution < 1.29 is 31.9 Å². The smallest absolute Gasteiger partial charge is 0.339 e. The minimum Gasteiger partial charge on any atom is -0.377 e. The molecule has 3 aromatic carbocycles. The zero-order valence-electron chi connectivity index (χ0n) is 19.2. The van der Waals surface area contributed by atoms with Gasteiger partial charge in [-0.25, -0.2) is 9.69 Å². The van der Waals surface area contributed by atoms with E-state index in [2.05, 4.69) is 31.9 Å². The Balaban J connectivity index is 1.79. The number of non-ortho nitro benzene ring substituents is 1. The summed E-state index contributed by atoms with van der Waals surface area (Å²) in [4.78, 5) is 49.3. The monoisotopic (exact) mass is 663 g/mol. The predicted molar refractivity (Wildman–Crippen MR) is 143 cm³/mol. The van der Waals surface area contributed by atoms with Crippen LogP contribution in [0, 0.1) is 17.0 Å². The van der Waals surface area contributed by atoms with Crippen LogP contribution in [0.25, 0.3) is 6.08 Å². The number of aryl methyl sites for hydroxylation is 1. The number of carbonyl (C=O) groups excluding carboxylic acids is 3. The minimum absolute atomic E-state index is 0.00813. The van der Waals surface area contributed by atoms with Gasteiger partial charge in [0, 0.05) is 22.2 Å². The molecule has 0 radical (unpaired) electrons. The summed E-state index contributed by atoms with van der Waals surface area (Å²) in [5.41, 5.74) is -0.219. The van der Waals surface area contributed by atoms with Gasteiger partial charge in [-0.05, 0) is 59.3 Å². The standard InChI is InChI=1S/C24H15Br2N3O8S/c1-13-5-7-18(8-6-13)38(35,36)37-21-14(9-15(25)11-20(21)26)10-19-22(30)27-24(32)28(23(19)31)16-3-2-4-17(12-16)29(33)34/h2-12H,1H3,(H,27,30,32)/b19-10+. The molecular formula is C24H15Br2N3O8S. The van der Waals surface area contributed by atoms with Crippen molar-refractivity contribution >= 4 is 77.3 Å². The number of nitro benzene ring substituents is 1. The lowest BCUT2D eigenvalue weighted by atomic mass is 10.1. The zero-order valence-corrected chi connectivity index (χ0v) is 23.2. The number of anilines is 1. The lowest BCUT2D eigenvalue weighted by Gasteiger charge is -2.26. The number of urea groups is 1. The molecule has 38 heavy (non-hydrogen) atoms. The third-order valence-corrected chi connectivity index (χ3v) is 7.52. The highest BCUT2D eigenvalue weighted by Crippen LogP contribution is 2.37. The molecule has 0 saturated carbocycles. The SMILES string of the molecule is Cc1ccc(S(=O)(=O)Oc2c(Br)cc(Br)cc2/C=C2\C(=O)NC(=O)N(c3cccc([N+](=O)[O-])c3)C2=O)cc1. The van der Waals surface area contributed by atoms with Crippen molar-refractivity contribution in [2.75, 3.05) is 4.90 Å². The second-order valence-corrected chi connectivity index (χ2v) is 11.2. The summed E-state index contributed by atoms with van der Waals surface area (Å²) in [5.74, 6) is -2.35. The van der Waals surface area contributed by atoms with E-state index >= 15 is 0 Å². The molecule has 0 aromatic heterocycles. The van der Waals surface area contributed by atoms with Crippen LogP contribution in [0.2, 0.25) is 0 Å². The van der Waals surface area contributed by atoms with E-state index in [1.165, 1.54) is 42.5 Å². The highest BCUT2D eigenvalue weighted by Gasteiger charge is 2.37. The normalized spacial score (nSPS) is 15.0. The highest BCUT2D eigenvalue weighted by molar-refractivity contribution is 9.11. The molecule has 1 aliphatic rings. The molecule has 0 atom stereocenters. The zero-order chi connectivity index (χ0) is 27.8. The van der Waals surface area contributed by atoms with Crippen LogP contribution in [-0.4, -0.2) is 31.2 Å². The Morgan fingerprint density at radius 1 is 1.03 bits per heavy atom. The first kappa shape index (κ1) is 27.2. The first-order valence-electron chi connectivity index (χ1n) is 10.5. The molecule has 4 rings (SSSR count). The lowest BCUT2D eigenvalue weighted by molar-refractivity contribution is -0.384. The van der Waals surface area contributed by atoms with Crippen LogP contribution in [0.15, 0.2) is 80.1 Å². The van der Waals surface area contributed by atoms with Gasteiger partial charge in [-0.15, -0.1) is 0 Å². The Morgan fingerprint density at radius 2 is 1.71 bits per heavy atom. The van der Waals surface area contributed by atoms with E-state index in [0.29, 0.717) is 9.37 Å². The molecule has 11 nitrogen and oxygen atoms in total. The number of carbonyl (C=O) groups is 3. The summed E-state index contributed by atoms with van der Waals surface area (Å²) in [7, 11) is -4.32. The summed E-state index contributed by atoms with van der Waals surface area (Å²) in [6.07, 6.45) is 1.06. The van der Waals surface area contributed by atoms with Crippen LogP contribution in [0.1, 0.15) is 11.1 Å². The molecule has 0 unspecified atom stereocenters. The highest BCUT2D eigenvalue weighted by atomic mass is 79.9. The van der Waals surface area contributed by atoms with Crippen LogP contribution in [0.3, 0.4) is 0 Å². The Hall–Kier alpha value is -3.88. The van der Waals surface area contributed by atoms with Gasteiger partial charge >= 0.3 is 16.1 Å². The Kier molecular flexibility index (Phi) is 7.49. The van der Waals surface area contributed by atoms with Crippen molar-refractivity contribution in [3.8, 4) is 5.75 Å². The van der Waals surface area contributed by atoms with Gasteiger partial charge in [0.15, 0.2) is 5.75 Å². The van der Waals surface area contributed by atoms with E-state index in [1.54, 1.807) is 19.1 Å². The molecule has 4 amide bonds. The van der Waals surface area contributed by atoms with Gasteiger partial charge in [-0.3, -0.25) is 25.0 Å². The van der Waals surface area contributed by atoms with Gasteiger partial charge in [0.25, 0.3) is 17.5 Å². The second-order valence-electron chi connectivity index (χ2n) is 7.89. The number of nitro groups is 1. The number of imide groups is 2. The van der Waals surface area contributed by atoms with E-state index in [1.807, 2.05) is 5.32 Å². The molecule has 14 heteroatoms. The average molecular weight is 665 g/mol. The molecule has 0 aliphatic carbocycles. The number of barbiturate groups is 1. The summed E-state index contributed by atoms with van der Waals surface area (Å²) in [6, 6.07) is 12.5. The fourth-order valence-electron chi connectivity index (χ4n) is 3.43. The number of nitrogens with one attached hydrogen (secondary N) is 1. The van der Waals surface area contributed by atoms with Crippen LogP contribution in [0.4, 0.5) is 16.2 Å².